The quantitative estimate of drug-likeness (QED) is 0.697. The third kappa shape index (κ3) is 3.89. The third-order valence-electron chi connectivity index (χ3n) is 5.23. The summed E-state index contributed by atoms with van der Waals surface area (Å²) in [5.74, 6) is -0.741. The Balaban J connectivity index is 1.56. The maximum atomic E-state index is 12.9. The highest BCUT2D eigenvalue weighted by Crippen LogP contribution is 2.20. The van der Waals surface area contributed by atoms with Crippen LogP contribution >= 0.6 is 0 Å². The summed E-state index contributed by atoms with van der Waals surface area (Å²) in [6, 6.07) is 10.6. The smallest absolute Gasteiger partial charge is 0.274 e. The Morgan fingerprint density at radius 1 is 1.17 bits per heavy atom. The maximum absolute atomic E-state index is 12.9. The van der Waals surface area contributed by atoms with E-state index in [1.165, 1.54) is 4.90 Å². The summed E-state index contributed by atoms with van der Waals surface area (Å²) in [5, 5.41) is 6.58. The third-order valence-corrected chi connectivity index (χ3v) is 5.23. The van der Waals surface area contributed by atoms with E-state index in [-0.39, 0.29) is 24.3 Å². The van der Waals surface area contributed by atoms with Crippen molar-refractivity contribution in [1.29, 1.82) is 0 Å². The van der Waals surface area contributed by atoms with E-state index >= 15 is 0 Å². The van der Waals surface area contributed by atoms with Crippen molar-refractivity contribution in [3.8, 4) is 0 Å². The highest BCUT2D eigenvalue weighted by molar-refractivity contribution is 6.05. The van der Waals surface area contributed by atoms with Crippen LogP contribution in [0.4, 0.5) is 5.69 Å². The summed E-state index contributed by atoms with van der Waals surface area (Å²) in [7, 11) is 1.87. The van der Waals surface area contributed by atoms with Gasteiger partial charge in [-0.3, -0.25) is 14.4 Å². The van der Waals surface area contributed by atoms with E-state index in [1.54, 1.807) is 24.3 Å². The van der Waals surface area contributed by atoms with Crippen molar-refractivity contribution in [2.45, 2.75) is 13.3 Å². The van der Waals surface area contributed by atoms with Gasteiger partial charge in [0.25, 0.3) is 11.8 Å². The van der Waals surface area contributed by atoms with E-state index < -0.39 is 0 Å². The number of aromatic nitrogens is 2. The number of anilines is 1. The second-order valence-corrected chi connectivity index (χ2v) is 7.45. The Morgan fingerprint density at radius 2 is 2.00 bits per heavy atom. The van der Waals surface area contributed by atoms with Crippen LogP contribution < -0.4 is 10.6 Å². The summed E-state index contributed by atoms with van der Waals surface area (Å²) >= 11 is 0. The first-order chi connectivity index (χ1) is 14.4. The molecule has 2 aromatic heterocycles. The van der Waals surface area contributed by atoms with Crippen LogP contribution in [0, 0.1) is 6.92 Å². The molecular formula is C22H23N5O3. The molecule has 1 aliphatic rings. The number of nitrogens with zero attached hydrogens (tertiary/aromatic N) is 3. The van der Waals surface area contributed by atoms with Crippen molar-refractivity contribution in [2.75, 3.05) is 25.0 Å². The molecule has 1 fully saturated rings. The fourth-order valence-corrected chi connectivity index (χ4v) is 3.50. The van der Waals surface area contributed by atoms with Gasteiger partial charge in [-0.2, -0.15) is 0 Å². The predicted molar refractivity (Wildman–Crippen MR) is 113 cm³/mol. The van der Waals surface area contributed by atoms with E-state index in [4.69, 9.17) is 0 Å². The monoisotopic (exact) mass is 405 g/mol. The van der Waals surface area contributed by atoms with E-state index in [9.17, 15) is 14.4 Å². The molecule has 2 N–H and O–H groups in total. The van der Waals surface area contributed by atoms with Gasteiger partial charge in [-0.1, -0.05) is 6.07 Å². The Kier molecular flexibility index (Phi) is 5.22. The van der Waals surface area contributed by atoms with Crippen molar-refractivity contribution in [1.82, 2.24) is 19.8 Å². The van der Waals surface area contributed by atoms with Crippen molar-refractivity contribution >= 4 is 34.4 Å². The van der Waals surface area contributed by atoms with Crippen LogP contribution in [0.2, 0.25) is 0 Å². The fraction of sp³-hybridized carbons (Fsp3) is 0.273. The van der Waals surface area contributed by atoms with Crippen LogP contribution in [0.5, 0.6) is 0 Å². The normalized spacial score (nSPS) is 14.3. The summed E-state index contributed by atoms with van der Waals surface area (Å²) in [5.41, 5.74) is 2.82. The fourth-order valence-electron chi connectivity index (χ4n) is 3.50. The number of amides is 3. The number of aryl methyl sites for hydroxylation is 2. The largest absolute Gasteiger partial charge is 0.354 e. The number of hydrogen-bond donors (Lipinski definition) is 2. The van der Waals surface area contributed by atoms with Gasteiger partial charge in [-0.15, -0.1) is 0 Å². The first kappa shape index (κ1) is 19.6. The second kappa shape index (κ2) is 7.98. The molecule has 8 heteroatoms. The van der Waals surface area contributed by atoms with Gasteiger partial charge in [0.2, 0.25) is 5.91 Å². The van der Waals surface area contributed by atoms with Crippen LogP contribution in [-0.4, -0.2) is 51.8 Å². The molecule has 0 radical (unpaired) electrons. The number of pyridine rings is 1. The molecule has 1 saturated heterocycles. The van der Waals surface area contributed by atoms with Crippen LogP contribution in [-0.2, 0) is 11.8 Å². The van der Waals surface area contributed by atoms with E-state index in [0.29, 0.717) is 36.5 Å². The van der Waals surface area contributed by atoms with Gasteiger partial charge in [0.1, 0.15) is 11.3 Å². The highest BCUT2D eigenvalue weighted by atomic mass is 16.2. The highest BCUT2D eigenvalue weighted by Gasteiger charge is 2.22. The number of rotatable bonds is 3. The number of carbonyl (C=O) groups is 3. The molecule has 1 aromatic carbocycles. The average molecular weight is 405 g/mol. The molecule has 3 aromatic rings. The molecule has 1 aliphatic heterocycles. The van der Waals surface area contributed by atoms with Crippen molar-refractivity contribution in [2.24, 2.45) is 7.05 Å². The first-order valence-electron chi connectivity index (χ1n) is 9.82. The van der Waals surface area contributed by atoms with Gasteiger partial charge >= 0.3 is 0 Å². The summed E-state index contributed by atoms with van der Waals surface area (Å²) in [6.07, 6.45) is 2.60. The first-order valence-corrected chi connectivity index (χ1v) is 9.82. The minimum Gasteiger partial charge on any atom is -0.354 e. The van der Waals surface area contributed by atoms with Gasteiger partial charge in [0, 0.05) is 43.0 Å². The summed E-state index contributed by atoms with van der Waals surface area (Å²) < 4.78 is 1.86. The van der Waals surface area contributed by atoms with Crippen LogP contribution in [0.15, 0.2) is 42.6 Å². The molecule has 4 rings (SSSR count). The zero-order valence-corrected chi connectivity index (χ0v) is 16.9. The standard InChI is InChI=1S/C22H23N5O3/c1-14-4-5-16(22(30)27-10-3-9-23-19(28)13-27)12-18(14)25-21(29)17-7-6-15-8-11-26(2)20(15)24-17/h4-8,11-12H,3,9-10,13H2,1-2H3,(H,23,28)(H,25,29). The van der Waals surface area contributed by atoms with Gasteiger partial charge < -0.3 is 20.1 Å². The topological polar surface area (TPSA) is 96.3 Å². The molecule has 0 unspecified atom stereocenters. The SMILES string of the molecule is Cc1ccc(C(=O)N2CCCNC(=O)C2)cc1NC(=O)c1ccc2ccn(C)c2n1. The molecule has 3 heterocycles. The molecule has 0 aliphatic carbocycles. The lowest BCUT2D eigenvalue weighted by atomic mass is 10.1. The lowest BCUT2D eigenvalue weighted by Gasteiger charge is -2.20. The molecule has 154 valence electrons. The lowest BCUT2D eigenvalue weighted by Crippen LogP contribution is -2.37. The predicted octanol–water partition coefficient (Wildman–Crippen LogP) is 2.10. The Bertz CT molecular complexity index is 1150. The molecular weight excluding hydrogens is 382 g/mol. The van der Waals surface area contributed by atoms with Crippen molar-refractivity contribution in [3.63, 3.8) is 0 Å². The number of benzene rings is 1. The Morgan fingerprint density at radius 3 is 2.83 bits per heavy atom. The van der Waals surface area contributed by atoms with Gasteiger partial charge in [-0.05, 0) is 49.2 Å². The zero-order valence-electron chi connectivity index (χ0n) is 16.9. The van der Waals surface area contributed by atoms with Gasteiger partial charge in [0.15, 0.2) is 0 Å². The lowest BCUT2D eigenvalue weighted by molar-refractivity contribution is -0.121. The number of nitrogens with one attached hydrogen (secondary N) is 2. The maximum Gasteiger partial charge on any atom is 0.274 e. The van der Waals surface area contributed by atoms with E-state index in [0.717, 1.165) is 16.6 Å². The second-order valence-electron chi connectivity index (χ2n) is 7.45. The average Bonchev–Trinajstić information content (AvgIpc) is 2.96. The summed E-state index contributed by atoms with van der Waals surface area (Å²) in [6.45, 7) is 2.97. The minimum absolute atomic E-state index is 0.0367. The molecule has 0 spiro atoms. The van der Waals surface area contributed by atoms with Crippen LogP contribution in [0.25, 0.3) is 11.0 Å². The van der Waals surface area contributed by atoms with Crippen LogP contribution in [0.1, 0.15) is 32.8 Å². The van der Waals surface area contributed by atoms with E-state index in [2.05, 4.69) is 15.6 Å². The van der Waals surface area contributed by atoms with Gasteiger partial charge in [0.05, 0.1) is 6.54 Å². The Labute approximate surface area is 173 Å². The molecule has 8 nitrogen and oxygen atoms in total. The van der Waals surface area contributed by atoms with Gasteiger partial charge in [-0.25, -0.2) is 4.98 Å². The van der Waals surface area contributed by atoms with Crippen molar-refractivity contribution in [3.05, 3.63) is 59.4 Å². The minimum atomic E-state index is -0.347. The van der Waals surface area contributed by atoms with Crippen molar-refractivity contribution < 1.29 is 14.4 Å². The van der Waals surface area contributed by atoms with E-state index in [1.807, 2.05) is 36.9 Å². The molecule has 3 amide bonds. The number of hydrogen-bond acceptors (Lipinski definition) is 4. The number of fused-ring (bicyclic) bond motifs is 1. The molecule has 0 atom stereocenters. The Hall–Kier alpha value is -3.68. The summed E-state index contributed by atoms with van der Waals surface area (Å²) in [4.78, 5) is 43.4. The zero-order chi connectivity index (χ0) is 21.3. The van der Waals surface area contributed by atoms with Crippen LogP contribution in [0.3, 0.4) is 0 Å². The molecule has 0 saturated carbocycles. The molecule has 30 heavy (non-hydrogen) atoms. The molecule has 0 bridgehead atoms. The number of carbonyl (C=O) groups excluding carboxylic acids is 3.